The largest absolute Gasteiger partial charge is 0.331 e. The molecule has 4 heterocycles. The zero-order valence-electron chi connectivity index (χ0n) is 28.6. The first kappa shape index (κ1) is 30.9. The number of hydrogen-bond donors (Lipinski definition) is 0. The molecule has 2 unspecified atom stereocenters. The van der Waals surface area contributed by atoms with Crippen LogP contribution in [-0.2, 0) is 0 Å². The van der Waals surface area contributed by atoms with E-state index < -0.39 is 0 Å². The normalized spacial score (nSPS) is 17.8. The minimum atomic E-state index is -0.332. The maximum Gasteiger partial charge on any atom is 0.124 e. The molecule has 7 heteroatoms. The maximum absolute atomic E-state index is 5.21. The number of allylic oxidation sites excluding steroid dienone is 2. The topological polar surface area (TPSA) is 41.9 Å². The van der Waals surface area contributed by atoms with Gasteiger partial charge in [-0.1, -0.05) is 85.0 Å². The summed E-state index contributed by atoms with van der Waals surface area (Å²) in [5.74, 6) is 0.0939. The summed E-state index contributed by atoms with van der Waals surface area (Å²) in [7, 11) is 0. The first-order chi connectivity index (χ1) is 26.1. The summed E-state index contributed by atoms with van der Waals surface area (Å²) in [6.45, 7) is 2.37. The zero-order chi connectivity index (χ0) is 35.1. The van der Waals surface area contributed by atoms with E-state index in [-0.39, 0.29) is 11.5 Å². The summed E-state index contributed by atoms with van der Waals surface area (Å²) in [4.78, 5) is 17.7. The van der Waals surface area contributed by atoms with Crippen LogP contribution in [0.2, 0.25) is 0 Å². The molecule has 4 nitrogen and oxygen atoms in total. The second-order valence-electron chi connectivity index (χ2n) is 13.8. The van der Waals surface area contributed by atoms with Gasteiger partial charge in [0.1, 0.15) is 15.0 Å². The molecule has 6 aromatic carbocycles. The van der Waals surface area contributed by atoms with Crippen LogP contribution in [0.1, 0.15) is 23.4 Å². The molecule has 0 saturated carbocycles. The highest BCUT2D eigenvalue weighted by molar-refractivity contribution is 7.22. The van der Waals surface area contributed by atoms with Crippen molar-refractivity contribution in [2.75, 3.05) is 4.90 Å². The highest BCUT2D eigenvalue weighted by atomic mass is 32.1. The number of benzene rings is 6. The number of rotatable bonds is 5. The van der Waals surface area contributed by atoms with Gasteiger partial charge in [0.25, 0.3) is 0 Å². The molecule has 53 heavy (non-hydrogen) atoms. The Balaban J connectivity index is 1.03. The quantitative estimate of drug-likeness (QED) is 0.177. The molecule has 1 aliphatic heterocycles. The van der Waals surface area contributed by atoms with Crippen LogP contribution < -0.4 is 4.90 Å². The van der Waals surface area contributed by atoms with Crippen LogP contribution in [0.15, 0.2) is 158 Å². The van der Waals surface area contributed by atoms with Gasteiger partial charge in [0.05, 0.1) is 36.2 Å². The van der Waals surface area contributed by atoms with Crippen LogP contribution in [0.4, 0.5) is 11.4 Å². The number of fused-ring (bicyclic) bond motifs is 6. The predicted octanol–water partition coefficient (Wildman–Crippen LogP) is 13.2. The van der Waals surface area contributed by atoms with E-state index in [9.17, 15) is 0 Å². The van der Waals surface area contributed by atoms with Crippen molar-refractivity contribution in [3.05, 3.63) is 168 Å². The Kier molecular flexibility index (Phi) is 6.93. The molecule has 11 rings (SSSR count). The highest BCUT2D eigenvalue weighted by Gasteiger charge is 2.48. The van der Waals surface area contributed by atoms with Crippen molar-refractivity contribution in [1.29, 1.82) is 0 Å². The fraction of sp³-hybridized carbons (Fsp3) is 0.0652. The summed E-state index contributed by atoms with van der Waals surface area (Å²) in [5, 5.41) is 3.13. The minimum absolute atomic E-state index is 0.0939. The van der Waals surface area contributed by atoms with Gasteiger partial charge >= 0.3 is 0 Å². The van der Waals surface area contributed by atoms with E-state index in [1.165, 1.54) is 36.5 Å². The van der Waals surface area contributed by atoms with E-state index in [0.29, 0.717) is 0 Å². The summed E-state index contributed by atoms with van der Waals surface area (Å²) in [6, 6.07) is 49.7. The van der Waals surface area contributed by atoms with Gasteiger partial charge in [0.15, 0.2) is 0 Å². The molecular formula is C46H30N4S3. The standard InChI is InChI=1S/C46H30N4S3/c1-46-25-24-31(45-49-38-15-9-12-33(42(38)53-45)28-10-3-2-4-11-28)27-35(46)34-26-30(44-48-37-14-6-8-17-41(37)52-44)20-23-39(34)50(46)32-21-18-29(19-22-32)43-47-36-13-5-7-16-40(36)51-43/h2-27,35H,1H3. The summed E-state index contributed by atoms with van der Waals surface area (Å²) in [5.41, 5.74) is 12.3. The van der Waals surface area contributed by atoms with Crippen molar-refractivity contribution in [2.24, 2.45) is 0 Å². The maximum atomic E-state index is 5.21. The summed E-state index contributed by atoms with van der Waals surface area (Å²) < 4.78 is 3.63. The van der Waals surface area contributed by atoms with Gasteiger partial charge in [-0.15, -0.1) is 34.0 Å². The average Bonchev–Trinajstić information content (AvgIpc) is 3.99. The second-order valence-corrected chi connectivity index (χ2v) is 16.9. The Morgan fingerprint density at radius 1 is 0.566 bits per heavy atom. The van der Waals surface area contributed by atoms with Gasteiger partial charge in [0.2, 0.25) is 0 Å². The predicted molar refractivity (Wildman–Crippen MR) is 226 cm³/mol. The molecule has 1 aliphatic carbocycles. The molecular weight excluding hydrogens is 705 g/mol. The number of nitrogens with zero attached hydrogens (tertiary/aromatic N) is 4. The molecule has 0 N–H and O–H groups in total. The van der Waals surface area contributed by atoms with Crippen molar-refractivity contribution in [3.63, 3.8) is 0 Å². The third kappa shape index (κ3) is 4.96. The van der Waals surface area contributed by atoms with Crippen LogP contribution in [-0.4, -0.2) is 20.5 Å². The number of aromatic nitrogens is 3. The number of hydrogen-bond acceptors (Lipinski definition) is 7. The SMILES string of the molecule is CC12C=CC(c3nc4cccc(-c5ccccc5)c4s3)=CC1c1cc(-c3nc4ccccc4s3)ccc1N2c1ccc(-c2nc3ccccc3s2)cc1. The van der Waals surface area contributed by atoms with Gasteiger partial charge in [-0.25, -0.2) is 15.0 Å². The lowest BCUT2D eigenvalue weighted by atomic mass is 9.78. The Morgan fingerprint density at radius 2 is 1.21 bits per heavy atom. The van der Waals surface area contributed by atoms with Gasteiger partial charge in [-0.3, -0.25) is 0 Å². The fourth-order valence-electron chi connectivity index (χ4n) is 8.01. The molecule has 252 valence electrons. The third-order valence-corrected chi connectivity index (χ3v) is 13.9. The number of para-hydroxylation sites is 2. The Labute approximate surface area is 318 Å². The van der Waals surface area contributed by atoms with E-state index in [1.807, 2.05) is 0 Å². The Morgan fingerprint density at radius 3 is 1.94 bits per heavy atom. The monoisotopic (exact) mass is 734 g/mol. The zero-order valence-corrected chi connectivity index (χ0v) is 31.1. The van der Waals surface area contributed by atoms with Crippen molar-refractivity contribution in [1.82, 2.24) is 15.0 Å². The lowest BCUT2D eigenvalue weighted by molar-refractivity contribution is 0.544. The van der Waals surface area contributed by atoms with E-state index in [4.69, 9.17) is 15.0 Å². The molecule has 3 aromatic heterocycles. The van der Waals surface area contributed by atoms with E-state index in [1.54, 1.807) is 34.0 Å². The third-order valence-electron chi connectivity index (χ3n) is 10.6. The van der Waals surface area contributed by atoms with Gasteiger partial charge in [-0.2, -0.15) is 0 Å². The Bertz CT molecular complexity index is 2870. The summed E-state index contributed by atoms with van der Waals surface area (Å²) in [6.07, 6.45) is 7.14. The molecule has 0 radical (unpaired) electrons. The molecule has 2 aliphatic rings. The first-order valence-corrected chi connectivity index (χ1v) is 20.2. The molecule has 0 saturated heterocycles. The van der Waals surface area contributed by atoms with Crippen molar-refractivity contribution < 1.29 is 0 Å². The van der Waals surface area contributed by atoms with Crippen molar-refractivity contribution >= 4 is 81.6 Å². The average molecular weight is 735 g/mol. The van der Waals surface area contributed by atoms with E-state index in [0.717, 1.165) is 54.0 Å². The molecule has 0 amide bonds. The fourth-order valence-corrected chi connectivity index (χ4v) is 11.0. The van der Waals surface area contributed by atoms with Crippen LogP contribution in [0.25, 0.3) is 68.5 Å². The molecule has 0 fully saturated rings. The van der Waals surface area contributed by atoms with Crippen molar-refractivity contribution in [3.8, 4) is 32.3 Å². The number of anilines is 2. The molecule has 2 atom stereocenters. The lowest BCUT2D eigenvalue weighted by Crippen LogP contribution is -2.42. The van der Waals surface area contributed by atoms with Crippen LogP contribution in [0.3, 0.4) is 0 Å². The first-order valence-electron chi connectivity index (χ1n) is 17.7. The highest BCUT2D eigenvalue weighted by Crippen LogP contribution is 2.56. The molecule has 9 aromatic rings. The Hall–Kier alpha value is -5.73. The van der Waals surface area contributed by atoms with Gasteiger partial charge in [-0.05, 0) is 90.8 Å². The lowest BCUT2D eigenvalue weighted by Gasteiger charge is -2.40. The molecule has 0 spiro atoms. The minimum Gasteiger partial charge on any atom is -0.331 e. The van der Waals surface area contributed by atoms with Gasteiger partial charge in [0, 0.05) is 39.6 Å². The van der Waals surface area contributed by atoms with Crippen LogP contribution in [0.5, 0.6) is 0 Å². The number of thiazole rings is 3. The molecule has 0 bridgehead atoms. The van der Waals surface area contributed by atoms with Crippen LogP contribution in [0, 0.1) is 0 Å². The van der Waals surface area contributed by atoms with Crippen LogP contribution >= 0.6 is 34.0 Å². The van der Waals surface area contributed by atoms with Gasteiger partial charge < -0.3 is 4.90 Å². The summed E-state index contributed by atoms with van der Waals surface area (Å²) >= 11 is 5.28. The van der Waals surface area contributed by atoms with Crippen molar-refractivity contribution in [2.45, 2.75) is 18.4 Å². The smallest absolute Gasteiger partial charge is 0.124 e. The van der Waals surface area contributed by atoms with E-state index >= 15 is 0 Å². The van der Waals surface area contributed by atoms with E-state index in [2.05, 4.69) is 170 Å². The second kappa shape index (κ2) is 11.9.